The number of hydrogen-bond acceptors (Lipinski definition) is 3. The molecule has 0 aliphatic heterocycles. The Bertz CT molecular complexity index is 733. The van der Waals surface area contributed by atoms with Crippen LogP contribution in [0.25, 0.3) is 22.2 Å². The monoisotopic (exact) mass is 267 g/mol. The number of H-pyrrole nitrogens is 1. The van der Waals surface area contributed by atoms with Crippen LogP contribution in [-0.2, 0) is 6.42 Å². The van der Waals surface area contributed by atoms with Crippen LogP contribution >= 0.6 is 0 Å². The van der Waals surface area contributed by atoms with Gasteiger partial charge in [-0.15, -0.1) is 0 Å². The first-order valence-electron chi connectivity index (χ1n) is 6.92. The van der Waals surface area contributed by atoms with Crippen LogP contribution in [-0.4, -0.2) is 20.5 Å². The van der Waals surface area contributed by atoms with Crippen molar-refractivity contribution in [1.82, 2.24) is 15.4 Å². The molecule has 3 rings (SSSR count). The van der Waals surface area contributed by atoms with Crippen molar-refractivity contribution in [2.24, 2.45) is 0 Å². The largest absolute Gasteiger partial charge is 0.507 e. The molecule has 0 spiro atoms. The maximum absolute atomic E-state index is 10.5. The number of hydrogen-bond donors (Lipinski definition) is 2. The number of para-hydroxylation sites is 2. The van der Waals surface area contributed by atoms with Crippen LogP contribution in [0.5, 0.6) is 5.75 Å². The predicted octanol–water partition coefficient (Wildman–Crippen LogP) is 3.67. The molecule has 0 aliphatic rings. The van der Waals surface area contributed by atoms with E-state index in [1.807, 2.05) is 36.4 Å². The number of nitrogens with zero attached hydrogens (tertiary/aromatic N) is 2. The molecule has 0 amide bonds. The molecule has 0 saturated carbocycles. The highest BCUT2D eigenvalue weighted by Gasteiger charge is 2.13. The van der Waals surface area contributed by atoms with E-state index in [4.69, 9.17) is 0 Å². The maximum atomic E-state index is 10.5. The van der Waals surface area contributed by atoms with Crippen LogP contribution in [0.2, 0.25) is 0 Å². The molecule has 1 heterocycles. The second-order valence-corrected chi connectivity index (χ2v) is 4.91. The molecule has 0 fully saturated rings. The lowest BCUT2D eigenvalue weighted by Crippen LogP contribution is -1.89. The van der Waals surface area contributed by atoms with Gasteiger partial charge in [0, 0.05) is 11.1 Å². The number of nitrogens with one attached hydrogen (secondary N) is 1. The molecule has 0 radical (unpaired) electrons. The Morgan fingerprint density at radius 3 is 2.70 bits per heavy atom. The van der Waals surface area contributed by atoms with Gasteiger partial charge in [0.2, 0.25) is 0 Å². The predicted molar refractivity (Wildman–Crippen MR) is 79.6 cm³/mol. The first kappa shape index (κ1) is 12.7. The zero-order valence-corrected chi connectivity index (χ0v) is 11.4. The van der Waals surface area contributed by atoms with Crippen LogP contribution in [0.1, 0.15) is 25.3 Å². The Hall–Kier alpha value is -2.36. The number of phenols is 1. The van der Waals surface area contributed by atoms with Gasteiger partial charge in [-0.05, 0) is 24.5 Å². The summed E-state index contributed by atoms with van der Waals surface area (Å²) >= 11 is 0. The van der Waals surface area contributed by atoms with E-state index >= 15 is 0 Å². The molecule has 0 aliphatic carbocycles. The zero-order valence-electron chi connectivity index (χ0n) is 11.4. The fourth-order valence-corrected chi connectivity index (χ4v) is 2.46. The Labute approximate surface area is 117 Å². The summed E-state index contributed by atoms with van der Waals surface area (Å²) < 4.78 is 0. The van der Waals surface area contributed by atoms with Crippen molar-refractivity contribution >= 4 is 11.0 Å². The molecular weight excluding hydrogens is 250 g/mol. The van der Waals surface area contributed by atoms with Crippen LogP contribution in [0.15, 0.2) is 36.4 Å². The molecule has 0 saturated heterocycles. The van der Waals surface area contributed by atoms with Crippen molar-refractivity contribution in [3.05, 3.63) is 42.0 Å². The summed E-state index contributed by atoms with van der Waals surface area (Å²) in [7, 11) is 0. The minimum atomic E-state index is 0.358. The van der Waals surface area contributed by atoms with E-state index in [0.29, 0.717) is 5.75 Å². The van der Waals surface area contributed by atoms with E-state index in [2.05, 4.69) is 22.3 Å². The number of unbranched alkanes of at least 4 members (excludes halogenated alkanes) is 1. The first-order chi connectivity index (χ1) is 9.81. The van der Waals surface area contributed by atoms with Crippen molar-refractivity contribution in [3.8, 4) is 16.9 Å². The van der Waals surface area contributed by atoms with Crippen molar-refractivity contribution in [1.29, 1.82) is 0 Å². The van der Waals surface area contributed by atoms with Gasteiger partial charge in [0.05, 0.1) is 0 Å². The summed E-state index contributed by atoms with van der Waals surface area (Å²) in [6, 6.07) is 11.7. The average Bonchev–Trinajstić information content (AvgIpc) is 2.95. The van der Waals surface area contributed by atoms with Crippen molar-refractivity contribution in [2.45, 2.75) is 26.2 Å². The van der Waals surface area contributed by atoms with Gasteiger partial charge in [0.1, 0.15) is 16.8 Å². The van der Waals surface area contributed by atoms with Gasteiger partial charge in [0.15, 0.2) is 0 Å². The lowest BCUT2D eigenvalue weighted by molar-refractivity contribution is 0.469. The number of aromatic nitrogens is 3. The summed E-state index contributed by atoms with van der Waals surface area (Å²) in [4.78, 5) is 0. The third-order valence-corrected chi connectivity index (χ3v) is 3.56. The van der Waals surface area contributed by atoms with E-state index in [9.17, 15) is 5.11 Å². The zero-order chi connectivity index (χ0) is 13.9. The van der Waals surface area contributed by atoms with Crippen LogP contribution in [0.3, 0.4) is 0 Å². The van der Waals surface area contributed by atoms with Gasteiger partial charge in [0.25, 0.3) is 0 Å². The first-order valence-corrected chi connectivity index (χ1v) is 6.92. The summed E-state index contributed by atoms with van der Waals surface area (Å²) in [6.07, 6.45) is 3.08. The summed E-state index contributed by atoms with van der Waals surface area (Å²) in [5, 5.41) is 21.4. The topological polar surface area (TPSA) is 61.8 Å². The Balaban J connectivity index is 2.12. The van der Waals surface area contributed by atoms with Gasteiger partial charge in [-0.1, -0.05) is 43.7 Å². The van der Waals surface area contributed by atoms with Crippen LogP contribution < -0.4 is 0 Å². The van der Waals surface area contributed by atoms with Gasteiger partial charge in [-0.3, -0.25) is 0 Å². The summed E-state index contributed by atoms with van der Waals surface area (Å²) in [6.45, 7) is 2.15. The molecule has 3 aromatic rings. The van der Waals surface area contributed by atoms with Crippen molar-refractivity contribution in [2.75, 3.05) is 0 Å². The fraction of sp³-hybridized carbons (Fsp3) is 0.250. The Kier molecular flexibility index (Phi) is 3.37. The number of aryl methyl sites for hydroxylation is 1. The van der Waals surface area contributed by atoms with Crippen LogP contribution in [0.4, 0.5) is 0 Å². The smallest absolute Gasteiger partial charge is 0.126 e. The minimum Gasteiger partial charge on any atom is -0.507 e. The van der Waals surface area contributed by atoms with Crippen LogP contribution in [0, 0.1) is 0 Å². The molecule has 102 valence electrons. The van der Waals surface area contributed by atoms with Crippen molar-refractivity contribution < 1.29 is 5.11 Å². The van der Waals surface area contributed by atoms with Gasteiger partial charge >= 0.3 is 0 Å². The number of benzene rings is 2. The van der Waals surface area contributed by atoms with E-state index in [0.717, 1.165) is 47.0 Å². The Morgan fingerprint density at radius 2 is 1.85 bits per heavy atom. The molecule has 0 bridgehead atoms. The van der Waals surface area contributed by atoms with Gasteiger partial charge in [-0.2, -0.15) is 15.4 Å². The lowest BCUT2D eigenvalue weighted by atomic mass is 9.98. The number of phenolic OH excluding ortho intramolecular Hbond substituents is 1. The molecule has 0 unspecified atom stereocenters. The summed E-state index contributed by atoms with van der Waals surface area (Å²) in [5.41, 5.74) is 4.31. The highest BCUT2D eigenvalue weighted by atomic mass is 16.3. The average molecular weight is 267 g/mol. The molecule has 4 nitrogen and oxygen atoms in total. The molecule has 20 heavy (non-hydrogen) atoms. The second-order valence-electron chi connectivity index (χ2n) is 4.91. The van der Waals surface area contributed by atoms with Gasteiger partial charge < -0.3 is 5.11 Å². The van der Waals surface area contributed by atoms with E-state index in [-0.39, 0.29) is 0 Å². The number of aromatic hydroxyl groups is 1. The molecule has 1 aromatic heterocycles. The number of rotatable bonds is 4. The number of fused-ring (bicyclic) bond motifs is 1. The van der Waals surface area contributed by atoms with Gasteiger partial charge in [-0.25, -0.2) is 0 Å². The molecule has 2 aromatic carbocycles. The highest BCUT2D eigenvalue weighted by Crippen LogP contribution is 2.35. The molecule has 4 heteroatoms. The fourth-order valence-electron chi connectivity index (χ4n) is 2.46. The maximum Gasteiger partial charge on any atom is 0.126 e. The number of aromatic amines is 1. The SMILES string of the molecule is CCCCc1cccc(-c2cccc3n[nH]nc23)c1O. The second kappa shape index (κ2) is 5.33. The van der Waals surface area contributed by atoms with Crippen molar-refractivity contribution in [3.63, 3.8) is 0 Å². The highest BCUT2D eigenvalue weighted by molar-refractivity contribution is 5.93. The Morgan fingerprint density at radius 1 is 1.05 bits per heavy atom. The molecule has 2 N–H and O–H groups in total. The quantitative estimate of drug-likeness (QED) is 0.758. The normalized spacial score (nSPS) is 11.1. The standard InChI is InChI=1S/C16H17N3O/c1-2-3-6-11-7-4-9-13(16(11)20)12-8-5-10-14-15(12)18-19-17-14/h4-5,7-10,20H,2-3,6H2,1H3,(H,17,18,19). The third kappa shape index (κ3) is 2.13. The third-order valence-electron chi connectivity index (χ3n) is 3.56. The molecule has 0 atom stereocenters. The lowest BCUT2D eigenvalue weighted by Gasteiger charge is -2.10. The minimum absolute atomic E-state index is 0.358. The van der Waals surface area contributed by atoms with E-state index in [1.54, 1.807) is 0 Å². The molecular formula is C16H17N3O. The van der Waals surface area contributed by atoms with E-state index in [1.165, 1.54) is 0 Å². The summed E-state index contributed by atoms with van der Waals surface area (Å²) in [5.74, 6) is 0.358. The van der Waals surface area contributed by atoms with E-state index < -0.39 is 0 Å².